The van der Waals surface area contributed by atoms with Crippen molar-refractivity contribution in [1.82, 2.24) is 10.2 Å². The number of nitrogens with two attached hydrogens (primary N) is 1. The highest BCUT2D eigenvalue weighted by molar-refractivity contribution is 5.97. The van der Waals surface area contributed by atoms with Gasteiger partial charge in [0.25, 0.3) is 0 Å². The van der Waals surface area contributed by atoms with Crippen LogP contribution in [-0.4, -0.2) is 21.6 Å². The Morgan fingerprint density at radius 1 is 1.59 bits per heavy atom. The van der Waals surface area contributed by atoms with Gasteiger partial charge in [0.1, 0.15) is 0 Å². The second kappa shape index (κ2) is 4.87. The first-order valence-electron chi connectivity index (χ1n) is 6.29. The Labute approximate surface area is 101 Å². The molecule has 0 bridgehead atoms. The maximum absolute atomic E-state index is 12.0. The van der Waals surface area contributed by atoms with Gasteiger partial charge in [0.05, 0.1) is 5.54 Å². The first kappa shape index (κ1) is 12.1. The summed E-state index contributed by atoms with van der Waals surface area (Å²) >= 11 is 0. The molecule has 1 aromatic rings. The zero-order valence-electron chi connectivity index (χ0n) is 10.3. The topological polar surface area (TPSA) is 83.8 Å². The number of carbonyl (C=O) groups excluding carboxylic acids is 1. The van der Waals surface area contributed by atoms with Crippen molar-refractivity contribution in [3.63, 3.8) is 0 Å². The number of rotatable bonds is 4. The summed E-state index contributed by atoms with van der Waals surface area (Å²) in [6, 6.07) is 1.87. The van der Waals surface area contributed by atoms with Gasteiger partial charge in [0.2, 0.25) is 5.91 Å². The number of nitrogens with zero attached hydrogens (tertiary/aromatic N) is 1. The van der Waals surface area contributed by atoms with Gasteiger partial charge in [-0.25, -0.2) is 0 Å². The van der Waals surface area contributed by atoms with Gasteiger partial charge in [-0.2, -0.15) is 5.10 Å². The Hall–Kier alpha value is -1.36. The smallest absolute Gasteiger partial charge is 0.245 e. The molecule has 5 nitrogen and oxygen atoms in total. The van der Waals surface area contributed by atoms with Crippen LogP contribution in [0.2, 0.25) is 0 Å². The zero-order valence-corrected chi connectivity index (χ0v) is 10.3. The third kappa shape index (κ3) is 2.66. The number of nitrogens with one attached hydrogen (secondary N) is 2. The van der Waals surface area contributed by atoms with Gasteiger partial charge >= 0.3 is 0 Å². The van der Waals surface area contributed by atoms with Crippen molar-refractivity contribution in [2.45, 2.75) is 51.0 Å². The SMILES string of the molecule is CCCc1cc(NC(=O)C2(N)CCCC2)n[nH]1. The van der Waals surface area contributed by atoms with Crippen molar-refractivity contribution in [1.29, 1.82) is 0 Å². The van der Waals surface area contributed by atoms with E-state index in [1.54, 1.807) is 0 Å². The van der Waals surface area contributed by atoms with Crippen molar-refractivity contribution < 1.29 is 4.79 Å². The molecule has 1 saturated carbocycles. The van der Waals surface area contributed by atoms with Crippen LogP contribution in [0, 0.1) is 0 Å². The lowest BCUT2D eigenvalue weighted by Gasteiger charge is -2.21. The molecule has 1 heterocycles. The predicted molar refractivity (Wildman–Crippen MR) is 66.6 cm³/mol. The highest BCUT2D eigenvalue weighted by Gasteiger charge is 2.37. The van der Waals surface area contributed by atoms with Gasteiger partial charge in [0, 0.05) is 11.8 Å². The van der Waals surface area contributed by atoms with Crippen molar-refractivity contribution in [2.24, 2.45) is 5.73 Å². The number of aryl methyl sites for hydroxylation is 1. The number of H-pyrrole nitrogens is 1. The molecule has 1 fully saturated rings. The molecule has 94 valence electrons. The summed E-state index contributed by atoms with van der Waals surface area (Å²) in [5, 5.41) is 9.77. The molecule has 0 atom stereocenters. The monoisotopic (exact) mass is 236 g/mol. The number of hydrogen-bond acceptors (Lipinski definition) is 3. The summed E-state index contributed by atoms with van der Waals surface area (Å²) in [6.45, 7) is 2.10. The molecule has 0 saturated heterocycles. The number of aromatic amines is 1. The van der Waals surface area contributed by atoms with Gasteiger partial charge < -0.3 is 11.1 Å². The molecule has 17 heavy (non-hydrogen) atoms. The molecule has 0 spiro atoms. The van der Waals surface area contributed by atoms with Crippen LogP contribution in [0.25, 0.3) is 0 Å². The van der Waals surface area contributed by atoms with Gasteiger partial charge in [-0.15, -0.1) is 0 Å². The summed E-state index contributed by atoms with van der Waals surface area (Å²) in [6.07, 6.45) is 5.60. The molecular weight excluding hydrogens is 216 g/mol. The van der Waals surface area contributed by atoms with Crippen LogP contribution in [0.5, 0.6) is 0 Å². The van der Waals surface area contributed by atoms with Crippen LogP contribution in [0.4, 0.5) is 5.82 Å². The Morgan fingerprint density at radius 3 is 2.94 bits per heavy atom. The van der Waals surface area contributed by atoms with E-state index in [2.05, 4.69) is 22.4 Å². The maximum Gasteiger partial charge on any atom is 0.245 e. The molecule has 0 radical (unpaired) electrons. The summed E-state index contributed by atoms with van der Waals surface area (Å²) in [7, 11) is 0. The standard InChI is InChI=1S/C12H20N4O/c1-2-5-9-8-10(16-15-9)14-11(17)12(13)6-3-4-7-12/h8H,2-7,13H2,1H3,(H2,14,15,16,17). The van der Waals surface area contributed by atoms with Gasteiger partial charge in [0.15, 0.2) is 5.82 Å². The third-order valence-corrected chi connectivity index (χ3v) is 3.34. The van der Waals surface area contributed by atoms with E-state index in [1.165, 1.54) is 0 Å². The fourth-order valence-electron chi connectivity index (χ4n) is 2.30. The highest BCUT2D eigenvalue weighted by Crippen LogP contribution is 2.28. The number of amides is 1. The van der Waals surface area contributed by atoms with Gasteiger partial charge in [-0.05, 0) is 19.3 Å². The minimum atomic E-state index is -0.691. The fraction of sp³-hybridized carbons (Fsp3) is 0.667. The van der Waals surface area contributed by atoms with E-state index in [0.717, 1.165) is 44.2 Å². The van der Waals surface area contributed by atoms with E-state index in [4.69, 9.17) is 5.73 Å². The summed E-state index contributed by atoms with van der Waals surface area (Å²) < 4.78 is 0. The van der Waals surface area contributed by atoms with Crippen LogP contribution in [0.1, 0.15) is 44.7 Å². The summed E-state index contributed by atoms with van der Waals surface area (Å²) in [4.78, 5) is 12.0. The predicted octanol–water partition coefficient (Wildman–Crippen LogP) is 1.57. The largest absolute Gasteiger partial charge is 0.317 e. The van der Waals surface area contributed by atoms with E-state index in [0.29, 0.717) is 5.82 Å². The Balaban J connectivity index is 1.97. The van der Waals surface area contributed by atoms with Crippen LogP contribution >= 0.6 is 0 Å². The number of anilines is 1. The molecule has 1 amide bonds. The molecule has 1 aromatic heterocycles. The van der Waals surface area contributed by atoms with Crippen LogP contribution < -0.4 is 11.1 Å². The highest BCUT2D eigenvalue weighted by atomic mass is 16.2. The van der Waals surface area contributed by atoms with Crippen molar-refractivity contribution in [2.75, 3.05) is 5.32 Å². The molecule has 0 unspecified atom stereocenters. The van der Waals surface area contributed by atoms with Gasteiger partial charge in [-0.1, -0.05) is 26.2 Å². The first-order valence-corrected chi connectivity index (χ1v) is 6.29. The van der Waals surface area contributed by atoms with Gasteiger partial charge in [-0.3, -0.25) is 9.89 Å². The van der Waals surface area contributed by atoms with Crippen molar-refractivity contribution >= 4 is 11.7 Å². The van der Waals surface area contributed by atoms with Crippen LogP contribution in [0.3, 0.4) is 0 Å². The fourth-order valence-corrected chi connectivity index (χ4v) is 2.30. The summed E-state index contributed by atoms with van der Waals surface area (Å²) in [5.74, 6) is 0.472. The minimum Gasteiger partial charge on any atom is -0.317 e. The zero-order chi connectivity index (χ0) is 12.3. The average Bonchev–Trinajstić information content (AvgIpc) is 2.90. The van der Waals surface area contributed by atoms with Crippen molar-refractivity contribution in [3.8, 4) is 0 Å². The second-order valence-corrected chi connectivity index (χ2v) is 4.85. The van der Waals surface area contributed by atoms with E-state index < -0.39 is 5.54 Å². The quantitative estimate of drug-likeness (QED) is 0.742. The number of carbonyl (C=O) groups is 1. The molecule has 1 aliphatic rings. The summed E-state index contributed by atoms with van der Waals surface area (Å²) in [5.41, 5.74) is 6.42. The Kier molecular flexibility index (Phi) is 3.47. The normalized spacial score (nSPS) is 18.2. The first-order chi connectivity index (χ1) is 8.14. The lowest BCUT2D eigenvalue weighted by Crippen LogP contribution is -2.48. The molecular formula is C12H20N4O. The van der Waals surface area contributed by atoms with E-state index in [-0.39, 0.29) is 5.91 Å². The van der Waals surface area contributed by atoms with Crippen LogP contribution in [0.15, 0.2) is 6.07 Å². The van der Waals surface area contributed by atoms with Crippen LogP contribution in [-0.2, 0) is 11.2 Å². The molecule has 5 heteroatoms. The van der Waals surface area contributed by atoms with E-state index >= 15 is 0 Å². The second-order valence-electron chi connectivity index (χ2n) is 4.85. The van der Waals surface area contributed by atoms with E-state index in [9.17, 15) is 4.79 Å². The third-order valence-electron chi connectivity index (χ3n) is 3.34. The Bertz CT molecular complexity index is 393. The minimum absolute atomic E-state index is 0.107. The lowest BCUT2D eigenvalue weighted by molar-refractivity contribution is -0.121. The average molecular weight is 236 g/mol. The molecule has 0 aromatic carbocycles. The van der Waals surface area contributed by atoms with E-state index in [1.807, 2.05) is 6.07 Å². The Morgan fingerprint density at radius 2 is 2.29 bits per heavy atom. The van der Waals surface area contributed by atoms with Crippen molar-refractivity contribution in [3.05, 3.63) is 11.8 Å². The molecule has 2 rings (SSSR count). The molecule has 0 aliphatic heterocycles. The number of hydrogen-bond donors (Lipinski definition) is 3. The molecule has 1 aliphatic carbocycles. The number of aromatic nitrogens is 2. The lowest BCUT2D eigenvalue weighted by atomic mass is 9.98. The molecule has 4 N–H and O–H groups in total. The maximum atomic E-state index is 12.0.